The molecule has 0 saturated carbocycles. The maximum Gasteiger partial charge on any atom is 0.179 e. The number of hydrogen-bond donors (Lipinski definition) is 1. The predicted octanol–water partition coefficient (Wildman–Crippen LogP) is 2.15. The Labute approximate surface area is 69.2 Å². The zero-order valence-corrected chi connectivity index (χ0v) is 6.57. The lowest BCUT2D eigenvalue weighted by molar-refractivity contribution is 0.409. The first kappa shape index (κ1) is 7.03. The smallest absolute Gasteiger partial charge is 0.179 e. The Morgan fingerprint density at radius 3 is 3.00 bits per heavy atom. The van der Waals surface area contributed by atoms with E-state index in [1.165, 1.54) is 6.26 Å². The maximum absolute atomic E-state index is 9.28. The fourth-order valence-electron chi connectivity index (χ4n) is 1.18. The highest BCUT2D eigenvalue weighted by molar-refractivity contribution is 5.88. The van der Waals surface area contributed by atoms with Gasteiger partial charge in [0.25, 0.3) is 0 Å². The summed E-state index contributed by atoms with van der Waals surface area (Å²) in [6.45, 7) is 0. The molecule has 3 nitrogen and oxygen atoms in total. The number of para-hydroxylation sites is 1. The van der Waals surface area contributed by atoms with Gasteiger partial charge in [-0.3, -0.25) is 0 Å². The topological polar surface area (TPSA) is 42.6 Å². The van der Waals surface area contributed by atoms with Crippen LogP contribution in [-0.4, -0.2) is 12.2 Å². The highest BCUT2D eigenvalue weighted by atomic mass is 16.5. The van der Waals surface area contributed by atoms with Crippen molar-refractivity contribution in [3.05, 3.63) is 24.5 Å². The summed E-state index contributed by atoms with van der Waals surface area (Å²) < 4.78 is 10.1. The van der Waals surface area contributed by atoms with Crippen molar-refractivity contribution in [3.8, 4) is 11.5 Å². The summed E-state index contributed by atoms with van der Waals surface area (Å²) >= 11 is 0. The summed E-state index contributed by atoms with van der Waals surface area (Å²) in [6.07, 6.45) is 1.30. The summed E-state index contributed by atoms with van der Waals surface area (Å²) in [5.41, 5.74) is 0.581. The molecule has 2 rings (SSSR count). The molecule has 0 saturated heterocycles. The molecule has 0 spiro atoms. The van der Waals surface area contributed by atoms with Crippen LogP contribution in [0.1, 0.15) is 0 Å². The average Bonchev–Trinajstić information content (AvgIpc) is 2.48. The Morgan fingerprint density at radius 2 is 2.25 bits per heavy atom. The van der Waals surface area contributed by atoms with E-state index in [0.717, 1.165) is 0 Å². The molecule has 2 aromatic rings. The van der Waals surface area contributed by atoms with Crippen LogP contribution in [0.3, 0.4) is 0 Å². The van der Waals surface area contributed by atoms with Crippen molar-refractivity contribution >= 4 is 11.0 Å². The Balaban J connectivity index is 2.81. The van der Waals surface area contributed by atoms with Gasteiger partial charge in [-0.25, -0.2) is 0 Å². The Kier molecular flexibility index (Phi) is 1.43. The normalized spacial score (nSPS) is 10.4. The quantitative estimate of drug-likeness (QED) is 0.702. The van der Waals surface area contributed by atoms with Gasteiger partial charge < -0.3 is 14.3 Å². The molecule has 0 amide bonds. The SMILES string of the molecule is COc1cccc2c(O)coc12. The molecule has 3 heteroatoms. The van der Waals surface area contributed by atoms with Crippen LogP contribution in [0, 0.1) is 0 Å². The van der Waals surface area contributed by atoms with Gasteiger partial charge >= 0.3 is 0 Å². The van der Waals surface area contributed by atoms with E-state index >= 15 is 0 Å². The van der Waals surface area contributed by atoms with Crippen LogP contribution in [-0.2, 0) is 0 Å². The van der Waals surface area contributed by atoms with Crippen LogP contribution in [0.2, 0.25) is 0 Å². The minimum Gasteiger partial charge on any atom is -0.504 e. The van der Waals surface area contributed by atoms with E-state index in [1.807, 2.05) is 0 Å². The predicted molar refractivity (Wildman–Crippen MR) is 44.4 cm³/mol. The lowest BCUT2D eigenvalue weighted by atomic mass is 10.2. The molecule has 0 aliphatic rings. The highest BCUT2D eigenvalue weighted by Gasteiger charge is 2.07. The number of rotatable bonds is 1. The number of aromatic hydroxyl groups is 1. The summed E-state index contributed by atoms with van der Waals surface area (Å²) in [5, 5.41) is 9.96. The third-order valence-electron chi connectivity index (χ3n) is 1.76. The van der Waals surface area contributed by atoms with Crippen molar-refractivity contribution in [1.29, 1.82) is 0 Å². The van der Waals surface area contributed by atoms with E-state index < -0.39 is 0 Å². The van der Waals surface area contributed by atoms with E-state index in [2.05, 4.69) is 0 Å². The number of methoxy groups -OCH3 is 1. The second-order valence-corrected chi connectivity index (χ2v) is 2.46. The first-order valence-electron chi connectivity index (χ1n) is 3.56. The second-order valence-electron chi connectivity index (χ2n) is 2.46. The highest BCUT2D eigenvalue weighted by Crippen LogP contribution is 2.32. The zero-order valence-electron chi connectivity index (χ0n) is 6.57. The molecule has 1 N–H and O–H groups in total. The van der Waals surface area contributed by atoms with E-state index in [-0.39, 0.29) is 5.75 Å². The lowest BCUT2D eigenvalue weighted by Crippen LogP contribution is -1.81. The van der Waals surface area contributed by atoms with Crippen molar-refractivity contribution < 1.29 is 14.3 Å². The molecule has 62 valence electrons. The van der Waals surface area contributed by atoms with Gasteiger partial charge in [-0.1, -0.05) is 6.07 Å². The molecule has 0 atom stereocenters. The zero-order chi connectivity index (χ0) is 8.55. The summed E-state index contributed by atoms with van der Waals surface area (Å²) in [5.74, 6) is 0.775. The maximum atomic E-state index is 9.28. The molecular weight excluding hydrogens is 156 g/mol. The van der Waals surface area contributed by atoms with Gasteiger partial charge in [0.2, 0.25) is 0 Å². The monoisotopic (exact) mass is 164 g/mol. The van der Waals surface area contributed by atoms with Crippen LogP contribution in [0.4, 0.5) is 0 Å². The molecule has 12 heavy (non-hydrogen) atoms. The van der Waals surface area contributed by atoms with Gasteiger partial charge in [0.15, 0.2) is 17.1 Å². The fraction of sp³-hybridized carbons (Fsp3) is 0.111. The lowest BCUT2D eigenvalue weighted by Gasteiger charge is -1.98. The van der Waals surface area contributed by atoms with Gasteiger partial charge in [0, 0.05) is 0 Å². The van der Waals surface area contributed by atoms with E-state index in [1.54, 1.807) is 25.3 Å². The van der Waals surface area contributed by atoms with Crippen molar-refractivity contribution in [2.24, 2.45) is 0 Å². The van der Waals surface area contributed by atoms with Crippen molar-refractivity contribution in [2.75, 3.05) is 7.11 Å². The van der Waals surface area contributed by atoms with Crippen LogP contribution in [0.15, 0.2) is 28.9 Å². The van der Waals surface area contributed by atoms with Crippen LogP contribution >= 0.6 is 0 Å². The second kappa shape index (κ2) is 2.44. The molecule has 0 unspecified atom stereocenters. The fourth-order valence-corrected chi connectivity index (χ4v) is 1.18. The minimum atomic E-state index is 0.143. The Hall–Kier alpha value is -1.64. The molecule has 0 bridgehead atoms. The summed E-state index contributed by atoms with van der Waals surface area (Å²) in [4.78, 5) is 0. The van der Waals surface area contributed by atoms with Crippen LogP contribution in [0.25, 0.3) is 11.0 Å². The van der Waals surface area contributed by atoms with Gasteiger partial charge in [-0.05, 0) is 12.1 Å². The molecular formula is C9H8O3. The number of furan rings is 1. The first-order chi connectivity index (χ1) is 5.83. The average molecular weight is 164 g/mol. The number of hydrogen-bond acceptors (Lipinski definition) is 3. The Morgan fingerprint density at radius 1 is 1.42 bits per heavy atom. The third kappa shape index (κ3) is 0.830. The van der Waals surface area contributed by atoms with E-state index in [9.17, 15) is 5.11 Å². The van der Waals surface area contributed by atoms with Crippen molar-refractivity contribution in [3.63, 3.8) is 0 Å². The molecule has 1 aromatic carbocycles. The van der Waals surface area contributed by atoms with Gasteiger partial charge in [-0.15, -0.1) is 0 Å². The molecule has 0 radical (unpaired) electrons. The first-order valence-corrected chi connectivity index (χ1v) is 3.56. The Bertz CT molecular complexity index is 403. The third-order valence-corrected chi connectivity index (χ3v) is 1.76. The largest absolute Gasteiger partial charge is 0.504 e. The number of fused-ring (bicyclic) bond motifs is 1. The standard InChI is InChI=1S/C9H8O3/c1-11-8-4-2-3-6-7(10)5-12-9(6)8/h2-5,10H,1H3. The summed E-state index contributed by atoms with van der Waals surface area (Å²) in [7, 11) is 1.56. The minimum absolute atomic E-state index is 0.143. The molecule has 1 heterocycles. The molecule has 1 aromatic heterocycles. The van der Waals surface area contributed by atoms with Crippen LogP contribution < -0.4 is 4.74 Å². The number of benzene rings is 1. The van der Waals surface area contributed by atoms with Gasteiger partial charge in [0.1, 0.15) is 6.26 Å². The summed E-state index contributed by atoms with van der Waals surface area (Å²) in [6, 6.07) is 5.36. The van der Waals surface area contributed by atoms with Crippen molar-refractivity contribution in [2.45, 2.75) is 0 Å². The molecule has 0 aliphatic carbocycles. The van der Waals surface area contributed by atoms with E-state index in [4.69, 9.17) is 9.15 Å². The van der Waals surface area contributed by atoms with Crippen molar-refractivity contribution in [1.82, 2.24) is 0 Å². The number of ether oxygens (including phenoxy) is 1. The van der Waals surface area contributed by atoms with Gasteiger partial charge in [0.05, 0.1) is 12.5 Å². The molecule has 0 aliphatic heterocycles. The molecule has 0 fully saturated rings. The van der Waals surface area contributed by atoms with Gasteiger partial charge in [-0.2, -0.15) is 0 Å². The van der Waals surface area contributed by atoms with E-state index in [0.29, 0.717) is 16.7 Å². The van der Waals surface area contributed by atoms with Crippen LogP contribution in [0.5, 0.6) is 11.5 Å².